The Hall–Kier alpha value is -2.11. The molecule has 0 unspecified atom stereocenters. The number of aryl methyl sites for hydroxylation is 1. The van der Waals surface area contributed by atoms with Crippen molar-refractivity contribution >= 4 is 22.7 Å². The molecule has 4 nitrogen and oxygen atoms in total. The summed E-state index contributed by atoms with van der Waals surface area (Å²) in [5.41, 5.74) is 2.09. The predicted molar refractivity (Wildman–Crippen MR) is 107 cm³/mol. The van der Waals surface area contributed by atoms with Gasteiger partial charge >= 0.3 is 0 Å². The third-order valence-electron chi connectivity index (χ3n) is 4.06. The Morgan fingerprint density at radius 3 is 2.58 bits per heavy atom. The zero-order valence-corrected chi connectivity index (χ0v) is 16.2. The normalized spacial score (nSPS) is 12.5. The maximum absolute atomic E-state index is 10.4. The molecule has 1 atom stereocenters. The summed E-state index contributed by atoms with van der Waals surface area (Å²) in [4.78, 5) is 8.98. The first-order chi connectivity index (χ1) is 12.5. The predicted octanol–water partition coefficient (Wildman–Crippen LogP) is 4.59. The SMILES string of the molecule is Cc1nc(SC[C@H](O)COc2ccccc2C(C)C)c2ccccc2n1. The van der Waals surface area contributed by atoms with Gasteiger partial charge in [0.05, 0.1) is 11.6 Å². The molecular weight excluding hydrogens is 344 g/mol. The molecule has 0 saturated heterocycles. The minimum atomic E-state index is -0.575. The molecule has 0 bridgehead atoms. The summed E-state index contributed by atoms with van der Waals surface area (Å²) >= 11 is 1.54. The van der Waals surface area contributed by atoms with E-state index in [1.54, 1.807) is 0 Å². The number of hydrogen-bond acceptors (Lipinski definition) is 5. The summed E-state index contributed by atoms with van der Waals surface area (Å²) in [6.45, 7) is 6.42. The molecular formula is C21H24N2O2S. The number of rotatable bonds is 7. The molecule has 1 N–H and O–H groups in total. The number of ether oxygens (including phenoxy) is 1. The Balaban J connectivity index is 1.63. The van der Waals surface area contributed by atoms with Gasteiger partial charge in [0.15, 0.2) is 0 Å². The van der Waals surface area contributed by atoms with Crippen molar-refractivity contribution < 1.29 is 9.84 Å². The van der Waals surface area contributed by atoms with Gasteiger partial charge in [-0.1, -0.05) is 50.2 Å². The molecule has 26 heavy (non-hydrogen) atoms. The molecule has 0 fully saturated rings. The second kappa shape index (κ2) is 8.52. The van der Waals surface area contributed by atoms with Gasteiger partial charge in [-0.2, -0.15) is 0 Å². The maximum atomic E-state index is 10.4. The first kappa shape index (κ1) is 18.7. The lowest BCUT2D eigenvalue weighted by Crippen LogP contribution is -2.20. The lowest BCUT2D eigenvalue weighted by atomic mass is 10.0. The smallest absolute Gasteiger partial charge is 0.127 e. The molecule has 136 valence electrons. The van der Waals surface area contributed by atoms with E-state index in [9.17, 15) is 5.11 Å². The van der Waals surface area contributed by atoms with Crippen molar-refractivity contribution in [1.29, 1.82) is 0 Å². The zero-order valence-electron chi connectivity index (χ0n) is 15.3. The molecule has 0 aliphatic heterocycles. The Bertz CT molecular complexity index is 883. The quantitative estimate of drug-likeness (QED) is 0.488. The molecule has 0 spiro atoms. The molecule has 0 aliphatic rings. The number of benzene rings is 2. The molecule has 3 rings (SSSR count). The maximum Gasteiger partial charge on any atom is 0.127 e. The van der Waals surface area contributed by atoms with E-state index in [2.05, 4.69) is 29.9 Å². The minimum absolute atomic E-state index is 0.263. The molecule has 0 radical (unpaired) electrons. The lowest BCUT2D eigenvalue weighted by molar-refractivity contribution is 0.125. The Morgan fingerprint density at radius 1 is 1.04 bits per heavy atom. The van der Waals surface area contributed by atoms with Gasteiger partial charge in [-0.25, -0.2) is 9.97 Å². The van der Waals surface area contributed by atoms with Crippen molar-refractivity contribution in [2.45, 2.75) is 37.8 Å². The van der Waals surface area contributed by atoms with E-state index in [-0.39, 0.29) is 6.61 Å². The van der Waals surface area contributed by atoms with Crippen molar-refractivity contribution in [1.82, 2.24) is 9.97 Å². The molecule has 5 heteroatoms. The summed E-state index contributed by atoms with van der Waals surface area (Å²) in [5, 5.41) is 12.3. The Kier molecular flexibility index (Phi) is 6.12. The van der Waals surface area contributed by atoms with Gasteiger partial charge in [0.25, 0.3) is 0 Å². The van der Waals surface area contributed by atoms with E-state index < -0.39 is 6.10 Å². The highest BCUT2D eigenvalue weighted by Crippen LogP contribution is 2.27. The third-order valence-corrected chi connectivity index (χ3v) is 5.20. The van der Waals surface area contributed by atoms with Crippen LogP contribution in [0, 0.1) is 6.92 Å². The number of hydrogen-bond donors (Lipinski definition) is 1. The van der Waals surface area contributed by atoms with Gasteiger partial charge < -0.3 is 9.84 Å². The molecule has 1 heterocycles. The number of aliphatic hydroxyl groups is 1. The number of nitrogens with zero attached hydrogens (tertiary/aromatic N) is 2. The van der Waals surface area contributed by atoms with Gasteiger partial charge in [0.1, 0.15) is 23.2 Å². The largest absolute Gasteiger partial charge is 0.491 e. The fourth-order valence-electron chi connectivity index (χ4n) is 2.77. The van der Waals surface area contributed by atoms with Crippen LogP contribution in [0.25, 0.3) is 10.9 Å². The van der Waals surface area contributed by atoms with Crippen LogP contribution in [0.5, 0.6) is 5.75 Å². The summed E-state index contributed by atoms with van der Waals surface area (Å²) in [6.07, 6.45) is -0.575. The van der Waals surface area contributed by atoms with Crippen LogP contribution < -0.4 is 4.74 Å². The summed E-state index contributed by atoms with van der Waals surface area (Å²) < 4.78 is 5.86. The zero-order chi connectivity index (χ0) is 18.5. The Labute approximate surface area is 158 Å². The topological polar surface area (TPSA) is 55.2 Å². The molecule has 0 saturated carbocycles. The second-order valence-electron chi connectivity index (χ2n) is 6.56. The van der Waals surface area contributed by atoms with Gasteiger partial charge in [-0.3, -0.25) is 0 Å². The number of fused-ring (bicyclic) bond motifs is 1. The number of para-hydroxylation sites is 2. The van der Waals surface area contributed by atoms with E-state index >= 15 is 0 Å². The van der Waals surface area contributed by atoms with Gasteiger partial charge in [0.2, 0.25) is 0 Å². The van der Waals surface area contributed by atoms with E-state index in [1.165, 1.54) is 11.8 Å². The number of aliphatic hydroxyl groups excluding tert-OH is 1. The van der Waals surface area contributed by atoms with E-state index in [1.807, 2.05) is 49.4 Å². The van der Waals surface area contributed by atoms with Crippen molar-refractivity contribution in [3.8, 4) is 5.75 Å². The van der Waals surface area contributed by atoms with Gasteiger partial charge in [-0.05, 0) is 30.5 Å². The fraction of sp³-hybridized carbons (Fsp3) is 0.333. The van der Waals surface area contributed by atoms with Crippen molar-refractivity contribution in [3.05, 3.63) is 59.9 Å². The Morgan fingerprint density at radius 2 is 1.77 bits per heavy atom. The first-order valence-corrected chi connectivity index (χ1v) is 9.79. The summed E-state index contributed by atoms with van der Waals surface area (Å²) in [7, 11) is 0. The molecule has 1 aromatic heterocycles. The monoisotopic (exact) mass is 368 g/mol. The standard InChI is InChI=1S/C21H24N2O2S/c1-14(2)17-8-5-7-11-20(17)25-12-16(24)13-26-21-18-9-4-6-10-19(18)22-15(3)23-21/h4-11,14,16,24H,12-13H2,1-3H3/t16-/m1/s1. The van der Waals surface area contributed by atoms with Crippen LogP contribution >= 0.6 is 11.8 Å². The van der Waals surface area contributed by atoms with Crippen LogP contribution in [0.3, 0.4) is 0 Å². The lowest BCUT2D eigenvalue weighted by Gasteiger charge is -2.16. The van der Waals surface area contributed by atoms with Crippen molar-refractivity contribution in [3.63, 3.8) is 0 Å². The summed E-state index contributed by atoms with van der Waals surface area (Å²) in [6, 6.07) is 15.9. The van der Waals surface area contributed by atoms with Crippen LogP contribution in [0.15, 0.2) is 53.6 Å². The average molecular weight is 369 g/mol. The van der Waals surface area contributed by atoms with Crippen molar-refractivity contribution in [2.75, 3.05) is 12.4 Å². The van der Waals surface area contributed by atoms with Crippen LogP contribution in [0.1, 0.15) is 31.2 Å². The highest BCUT2D eigenvalue weighted by Gasteiger charge is 2.12. The average Bonchev–Trinajstić information content (AvgIpc) is 2.64. The fourth-order valence-corrected chi connectivity index (χ4v) is 3.74. The van der Waals surface area contributed by atoms with Crippen LogP contribution in [0.2, 0.25) is 0 Å². The van der Waals surface area contributed by atoms with Gasteiger partial charge in [-0.15, -0.1) is 11.8 Å². The van der Waals surface area contributed by atoms with E-state index in [0.717, 1.165) is 33.1 Å². The highest BCUT2D eigenvalue weighted by atomic mass is 32.2. The number of aromatic nitrogens is 2. The van der Waals surface area contributed by atoms with Crippen LogP contribution in [0.4, 0.5) is 0 Å². The second-order valence-corrected chi connectivity index (χ2v) is 7.57. The highest BCUT2D eigenvalue weighted by molar-refractivity contribution is 7.99. The van der Waals surface area contributed by atoms with Crippen LogP contribution in [-0.2, 0) is 0 Å². The van der Waals surface area contributed by atoms with Crippen LogP contribution in [-0.4, -0.2) is 33.5 Å². The minimum Gasteiger partial charge on any atom is -0.491 e. The third kappa shape index (κ3) is 4.54. The van der Waals surface area contributed by atoms with E-state index in [0.29, 0.717) is 11.7 Å². The van der Waals surface area contributed by atoms with E-state index in [4.69, 9.17) is 4.74 Å². The molecule has 3 aromatic rings. The molecule has 0 amide bonds. The first-order valence-electron chi connectivity index (χ1n) is 8.80. The molecule has 2 aromatic carbocycles. The molecule has 0 aliphatic carbocycles. The van der Waals surface area contributed by atoms with Crippen molar-refractivity contribution in [2.24, 2.45) is 0 Å². The summed E-state index contributed by atoms with van der Waals surface area (Å²) in [5.74, 6) is 2.48. The van der Waals surface area contributed by atoms with Gasteiger partial charge in [0, 0.05) is 11.1 Å². The number of thioether (sulfide) groups is 1.